The molecule has 0 aliphatic rings. The number of halogens is 1. The van der Waals surface area contributed by atoms with Crippen LogP contribution in [0.5, 0.6) is 17.4 Å². The number of para-hydroxylation sites is 1. The molecule has 1 atom stereocenters. The maximum absolute atomic E-state index is 13.3. The molecule has 0 saturated heterocycles. The first-order valence-corrected chi connectivity index (χ1v) is 8.48. The average Bonchev–Trinajstić information content (AvgIpc) is 2.68. The third-order valence-electron chi connectivity index (χ3n) is 3.74. The topological polar surface area (TPSA) is 60.5 Å². The van der Waals surface area contributed by atoms with Gasteiger partial charge in [-0.3, -0.25) is 4.79 Å². The van der Waals surface area contributed by atoms with E-state index in [9.17, 15) is 9.18 Å². The lowest BCUT2D eigenvalue weighted by Crippen LogP contribution is -2.36. The van der Waals surface area contributed by atoms with Crippen LogP contribution >= 0.6 is 0 Å². The quantitative estimate of drug-likeness (QED) is 0.684. The smallest absolute Gasteiger partial charge is 0.261 e. The number of hydrogen-bond acceptors (Lipinski definition) is 4. The lowest BCUT2D eigenvalue weighted by atomic mass is 10.2. The van der Waals surface area contributed by atoms with Gasteiger partial charge in [0.1, 0.15) is 17.3 Å². The maximum atomic E-state index is 13.3. The van der Waals surface area contributed by atoms with E-state index in [1.165, 1.54) is 12.1 Å². The summed E-state index contributed by atoms with van der Waals surface area (Å²) in [6, 6.07) is 18.4. The van der Waals surface area contributed by atoms with Gasteiger partial charge in [0.25, 0.3) is 5.91 Å². The van der Waals surface area contributed by atoms with Crippen LogP contribution in [0.1, 0.15) is 12.5 Å². The van der Waals surface area contributed by atoms with Gasteiger partial charge in [0.05, 0.1) is 0 Å². The van der Waals surface area contributed by atoms with E-state index in [4.69, 9.17) is 9.47 Å². The summed E-state index contributed by atoms with van der Waals surface area (Å²) in [5, 5.41) is 2.80. The molecule has 0 aliphatic heterocycles. The molecular formula is C21H19FN2O3. The van der Waals surface area contributed by atoms with E-state index in [2.05, 4.69) is 10.3 Å². The molecule has 0 spiro atoms. The number of nitrogens with zero attached hydrogens (tertiary/aromatic N) is 1. The first kappa shape index (κ1) is 18.4. The maximum Gasteiger partial charge on any atom is 0.261 e. The van der Waals surface area contributed by atoms with Crippen molar-refractivity contribution in [3.8, 4) is 17.4 Å². The minimum Gasteiger partial charge on any atom is -0.481 e. The van der Waals surface area contributed by atoms with E-state index in [0.29, 0.717) is 22.9 Å². The minimum atomic E-state index is -0.656. The fourth-order valence-electron chi connectivity index (χ4n) is 2.38. The van der Waals surface area contributed by atoms with E-state index >= 15 is 0 Å². The van der Waals surface area contributed by atoms with Crippen LogP contribution in [0, 0.1) is 5.82 Å². The molecule has 1 N–H and O–H groups in total. The molecule has 1 heterocycles. The number of rotatable bonds is 7. The average molecular weight is 366 g/mol. The van der Waals surface area contributed by atoms with E-state index in [1.807, 2.05) is 18.2 Å². The fraction of sp³-hybridized carbons (Fsp3) is 0.143. The highest BCUT2D eigenvalue weighted by atomic mass is 19.1. The molecule has 1 amide bonds. The van der Waals surface area contributed by atoms with Crippen LogP contribution in [-0.2, 0) is 11.3 Å². The van der Waals surface area contributed by atoms with Crippen molar-refractivity contribution in [2.75, 3.05) is 0 Å². The van der Waals surface area contributed by atoms with Crippen molar-refractivity contribution in [1.29, 1.82) is 0 Å². The van der Waals surface area contributed by atoms with Gasteiger partial charge in [-0.25, -0.2) is 9.37 Å². The minimum absolute atomic E-state index is 0.208. The van der Waals surface area contributed by atoms with Gasteiger partial charge in [0.2, 0.25) is 5.88 Å². The Kier molecular flexibility index (Phi) is 5.99. The summed E-state index contributed by atoms with van der Waals surface area (Å²) in [6.07, 6.45) is 0.915. The van der Waals surface area contributed by atoms with Crippen LogP contribution in [0.2, 0.25) is 0 Å². The van der Waals surface area contributed by atoms with Crippen molar-refractivity contribution in [1.82, 2.24) is 10.3 Å². The third-order valence-corrected chi connectivity index (χ3v) is 3.74. The van der Waals surface area contributed by atoms with Crippen LogP contribution < -0.4 is 14.8 Å². The van der Waals surface area contributed by atoms with Gasteiger partial charge in [0, 0.05) is 24.4 Å². The summed E-state index contributed by atoms with van der Waals surface area (Å²) in [7, 11) is 0. The second-order valence-corrected chi connectivity index (χ2v) is 5.82. The SMILES string of the molecule is CC(Oc1ccccc1)C(=O)NCc1cccnc1Oc1cccc(F)c1. The first-order chi connectivity index (χ1) is 13.1. The number of aromatic nitrogens is 1. The Bertz CT molecular complexity index is 903. The van der Waals surface area contributed by atoms with Gasteiger partial charge in [-0.15, -0.1) is 0 Å². The summed E-state index contributed by atoms with van der Waals surface area (Å²) in [5.41, 5.74) is 0.669. The van der Waals surface area contributed by atoms with Crippen LogP contribution in [-0.4, -0.2) is 17.0 Å². The number of amides is 1. The molecule has 0 radical (unpaired) electrons. The molecule has 27 heavy (non-hydrogen) atoms. The molecule has 0 fully saturated rings. The Balaban J connectivity index is 1.61. The van der Waals surface area contributed by atoms with Gasteiger partial charge in [-0.2, -0.15) is 0 Å². The van der Waals surface area contributed by atoms with Gasteiger partial charge < -0.3 is 14.8 Å². The van der Waals surface area contributed by atoms with E-state index < -0.39 is 11.9 Å². The molecule has 0 aliphatic carbocycles. The van der Waals surface area contributed by atoms with Gasteiger partial charge in [-0.05, 0) is 37.3 Å². The molecular weight excluding hydrogens is 347 g/mol. The number of pyridine rings is 1. The number of hydrogen-bond donors (Lipinski definition) is 1. The molecule has 2 aromatic carbocycles. The Morgan fingerprint density at radius 3 is 2.63 bits per heavy atom. The highest BCUT2D eigenvalue weighted by Crippen LogP contribution is 2.23. The lowest BCUT2D eigenvalue weighted by molar-refractivity contribution is -0.127. The van der Waals surface area contributed by atoms with E-state index in [1.54, 1.807) is 49.5 Å². The number of carbonyl (C=O) groups is 1. The number of ether oxygens (including phenoxy) is 2. The van der Waals surface area contributed by atoms with Crippen LogP contribution in [0.25, 0.3) is 0 Å². The number of nitrogens with one attached hydrogen (secondary N) is 1. The Morgan fingerprint density at radius 2 is 1.85 bits per heavy atom. The van der Waals surface area contributed by atoms with Crippen molar-refractivity contribution in [3.63, 3.8) is 0 Å². The summed E-state index contributed by atoms with van der Waals surface area (Å²) < 4.78 is 24.6. The second kappa shape index (κ2) is 8.80. The predicted molar refractivity (Wildman–Crippen MR) is 99.1 cm³/mol. The highest BCUT2D eigenvalue weighted by Gasteiger charge is 2.15. The van der Waals surface area contributed by atoms with Crippen LogP contribution in [0.15, 0.2) is 72.9 Å². The van der Waals surface area contributed by atoms with Crippen molar-refractivity contribution in [2.24, 2.45) is 0 Å². The normalized spacial score (nSPS) is 11.5. The monoisotopic (exact) mass is 366 g/mol. The summed E-state index contributed by atoms with van der Waals surface area (Å²) in [4.78, 5) is 16.5. The van der Waals surface area contributed by atoms with Gasteiger partial charge in [0.15, 0.2) is 6.10 Å². The van der Waals surface area contributed by atoms with Crippen LogP contribution in [0.3, 0.4) is 0 Å². The molecule has 0 bridgehead atoms. The largest absolute Gasteiger partial charge is 0.481 e. The number of benzene rings is 2. The third kappa shape index (κ3) is 5.28. The zero-order valence-electron chi connectivity index (χ0n) is 14.8. The first-order valence-electron chi connectivity index (χ1n) is 8.48. The fourth-order valence-corrected chi connectivity index (χ4v) is 2.38. The van der Waals surface area contributed by atoms with Gasteiger partial charge >= 0.3 is 0 Å². The zero-order valence-corrected chi connectivity index (χ0v) is 14.8. The van der Waals surface area contributed by atoms with Gasteiger partial charge in [-0.1, -0.05) is 30.3 Å². The molecule has 1 aromatic heterocycles. The molecule has 3 aromatic rings. The Labute approximate surface area is 156 Å². The molecule has 0 saturated carbocycles. The van der Waals surface area contributed by atoms with E-state index in [0.717, 1.165) is 0 Å². The van der Waals surface area contributed by atoms with Crippen LogP contribution in [0.4, 0.5) is 4.39 Å². The molecule has 3 rings (SSSR count). The second-order valence-electron chi connectivity index (χ2n) is 5.82. The van der Waals surface area contributed by atoms with Crippen molar-refractivity contribution in [3.05, 3.63) is 84.3 Å². The highest BCUT2D eigenvalue weighted by molar-refractivity contribution is 5.80. The zero-order chi connectivity index (χ0) is 19.1. The summed E-state index contributed by atoms with van der Waals surface area (Å²) in [5.74, 6) is 0.600. The molecule has 5 nitrogen and oxygen atoms in total. The van der Waals surface area contributed by atoms with Crippen molar-refractivity contribution in [2.45, 2.75) is 19.6 Å². The Hall–Kier alpha value is -3.41. The summed E-state index contributed by atoms with van der Waals surface area (Å²) in [6.45, 7) is 1.88. The standard InChI is InChI=1S/C21H19FN2O3/c1-15(26-18-9-3-2-4-10-18)20(25)24-14-16-7-6-12-23-21(16)27-19-11-5-8-17(22)13-19/h2-13,15H,14H2,1H3,(H,24,25). The van der Waals surface area contributed by atoms with Crippen molar-refractivity contribution >= 4 is 5.91 Å². The molecule has 6 heteroatoms. The molecule has 138 valence electrons. The predicted octanol–water partition coefficient (Wildman–Crippen LogP) is 4.10. The van der Waals surface area contributed by atoms with Crippen molar-refractivity contribution < 1.29 is 18.7 Å². The Morgan fingerprint density at radius 1 is 1.07 bits per heavy atom. The van der Waals surface area contributed by atoms with E-state index in [-0.39, 0.29) is 12.5 Å². The summed E-state index contributed by atoms with van der Waals surface area (Å²) >= 11 is 0. The lowest BCUT2D eigenvalue weighted by Gasteiger charge is -2.15. The molecule has 1 unspecified atom stereocenters. The number of carbonyl (C=O) groups excluding carboxylic acids is 1.